The highest BCUT2D eigenvalue weighted by Crippen LogP contribution is 2.16. The van der Waals surface area contributed by atoms with Gasteiger partial charge >= 0.3 is 5.97 Å². The molecule has 0 unspecified atom stereocenters. The van der Waals surface area contributed by atoms with E-state index in [2.05, 4.69) is 10.6 Å². The van der Waals surface area contributed by atoms with Crippen molar-refractivity contribution in [2.45, 2.75) is 6.54 Å². The normalized spacial score (nSPS) is 9.97. The standard InChI is InChI=1S/C19H19N3O7/c1-28-16-8-3-2-5-14(16)10-20-17(23)12-29-18(24)11-21-19(25)13-6-4-7-15(9-13)22(26)27/h2-9H,10-12H2,1H3,(H,20,23)(H,21,25). The zero-order valence-electron chi connectivity index (χ0n) is 15.5. The van der Waals surface area contributed by atoms with Crippen LogP contribution < -0.4 is 15.4 Å². The molecule has 0 aliphatic rings. The SMILES string of the molecule is COc1ccccc1CNC(=O)COC(=O)CNC(=O)c1cccc([N+](=O)[O-])c1. The Morgan fingerprint density at radius 3 is 2.55 bits per heavy atom. The van der Waals surface area contributed by atoms with Crippen LogP contribution in [0.3, 0.4) is 0 Å². The lowest BCUT2D eigenvalue weighted by molar-refractivity contribution is -0.384. The fraction of sp³-hybridized carbons (Fsp3) is 0.211. The molecule has 152 valence electrons. The summed E-state index contributed by atoms with van der Waals surface area (Å²) in [5, 5.41) is 15.6. The number of para-hydroxylation sites is 1. The summed E-state index contributed by atoms with van der Waals surface area (Å²) >= 11 is 0. The Morgan fingerprint density at radius 1 is 1.07 bits per heavy atom. The average molecular weight is 401 g/mol. The Labute approximate surface area is 166 Å². The van der Waals surface area contributed by atoms with Gasteiger partial charge in [0.25, 0.3) is 17.5 Å². The third kappa shape index (κ3) is 6.61. The molecule has 0 radical (unpaired) electrons. The van der Waals surface area contributed by atoms with Crippen molar-refractivity contribution in [2.75, 3.05) is 20.3 Å². The molecule has 2 amide bonds. The molecule has 10 heteroatoms. The number of hydrogen-bond acceptors (Lipinski definition) is 7. The second-order valence-electron chi connectivity index (χ2n) is 5.74. The van der Waals surface area contributed by atoms with Gasteiger partial charge in [-0.3, -0.25) is 24.5 Å². The molecule has 2 N–H and O–H groups in total. The molecule has 0 saturated heterocycles. The number of esters is 1. The summed E-state index contributed by atoms with van der Waals surface area (Å²) in [7, 11) is 1.52. The summed E-state index contributed by atoms with van der Waals surface area (Å²) in [5.74, 6) is -1.40. The highest BCUT2D eigenvalue weighted by molar-refractivity contribution is 5.96. The number of nitro benzene ring substituents is 1. The number of nitrogens with one attached hydrogen (secondary N) is 2. The third-order valence-electron chi connectivity index (χ3n) is 3.75. The van der Waals surface area contributed by atoms with Gasteiger partial charge in [-0.2, -0.15) is 0 Å². The Bertz CT molecular complexity index is 914. The minimum absolute atomic E-state index is 0.0292. The smallest absolute Gasteiger partial charge is 0.325 e. The van der Waals surface area contributed by atoms with Crippen LogP contribution in [0.4, 0.5) is 5.69 Å². The van der Waals surface area contributed by atoms with Crippen LogP contribution in [0, 0.1) is 10.1 Å². The zero-order chi connectivity index (χ0) is 21.2. The molecule has 0 bridgehead atoms. The van der Waals surface area contributed by atoms with E-state index in [0.29, 0.717) is 5.75 Å². The summed E-state index contributed by atoms with van der Waals surface area (Å²) in [6, 6.07) is 12.2. The summed E-state index contributed by atoms with van der Waals surface area (Å²) in [6.45, 7) is -0.800. The number of carbonyl (C=O) groups is 3. The Balaban J connectivity index is 1.74. The largest absolute Gasteiger partial charge is 0.496 e. The maximum absolute atomic E-state index is 11.9. The predicted octanol–water partition coefficient (Wildman–Crippen LogP) is 1.19. The molecule has 0 heterocycles. The highest BCUT2D eigenvalue weighted by Gasteiger charge is 2.14. The topological polar surface area (TPSA) is 137 Å². The van der Waals surface area contributed by atoms with Gasteiger partial charge in [-0.25, -0.2) is 0 Å². The first-order valence-corrected chi connectivity index (χ1v) is 8.47. The first-order valence-electron chi connectivity index (χ1n) is 8.47. The second kappa shape index (κ2) is 10.4. The molecule has 0 atom stereocenters. The maximum Gasteiger partial charge on any atom is 0.325 e. The van der Waals surface area contributed by atoms with E-state index >= 15 is 0 Å². The van der Waals surface area contributed by atoms with Crippen LogP contribution in [-0.2, 0) is 20.9 Å². The molecule has 2 aromatic carbocycles. The van der Waals surface area contributed by atoms with Crippen molar-refractivity contribution in [1.29, 1.82) is 0 Å². The van der Waals surface area contributed by atoms with Crippen molar-refractivity contribution < 1.29 is 28.8 Å². The molecule has 0 aromatic heterocycles. The van der Waals surface area contributed by atoms with E-state index in [0.717, 1.165) is 11.6 Å². The third-order valence-corrected chi connectivity index (χ3v) is 3.75. The quantitative estimate of drug-likeness (QED) is 0.366. The van der Waals surface area contributed by atoms with Gasteiger partial charge in [0.2, 0.25) is 0 Å². The summed E-state index contributed by atoms with van der Waals surface area (Å²) in [6.07, 6.45) is 0. The molecule has 2 rings (SSSR count). The second-order valence-corrected chi connectivity index (χ2v) is 5.74. The summed E-state index contributed by atoms with van der Waals surface area (Å²) in [4.78, 5) is 45.5. The fourth-order valence-electron chi connectivity index (χ4n) is 2.31. The summed E-state index contributed by atoms with van der Waals surface area (Å²) < 4.78 is 9.96. The van der Waals surface area contributed by atoms with E-state index in [1.165, 1.54) is 25.3 Å². The molecule has 0 fully saturated rings. The number of methoxy groups -OCH3 is 1. The molecule has 2 aromatic rings. The van der Waals surface area contributed by atoms with Crippen LogP contribution in [0.25, 0.3) is 0 Å². The van der Waals surface area contributed by atoms with Gasteiger partial charge in [0.1, 0.15) is 12.3 Å². The van der Waals surface area contributed by atoms with E-state index in [1.54, 1.807) is 24.3 Å². The lowest BCUT2D eigenvalue weighted by atomic mass is 10.2. The number of non-ortho nitro benzene ring substituents is 1. The van der Waals surface area contributed by atoms with Crippen LogP contribution in [0.5, 0.6) is 5.75 Å². The van der Waals surface area contributed by atoms with Crippen LogP contribution in [0.1, 0.15) is 15.9 Å². The highest BCUT2D eigenvalue weighted by atomic mass is 16.6. The lowest BCUT2D eigenvalue weighted by Crippen LogP contribution is -2.33. The number of nitro groups is 1. The van der Waals surface area contributed by atoms with E-state index in [4.69, 9.17) is 9.47 Å². The Hall–Kier alpha value is -3.95. The number of benzene rings is 2. The first kappa shape index (κ1) is 21.4. The van der Waals surface area contributed by atoms with Crippen molar-refractivity contribution in [3.8, 4) is 5.75 Å². The Morgan fingerprint density at radius 2 is 1.83 bits per heavy atom. The van der Waals surface area contributed by atoms with Crippen molar-refractivity contribution in [3.63, 3.8) is 0 Å². The van der Waals surface area contributed by atoms with Crippen molar-refractivity contribution in [3.05, 3.63) is 69.8 Å². The Kier molecular flexibility index (Phi) is 7.66. The molecular weight excluding hydrogens is 382 g/mol. The van der Waals surface area contributed by atoms with E-state index < -0.39 is 35.9 Å². The van der Waals surface area contributed by atoms with E-state index in [9.17, 15) is 24.5 Å². The number of nitrogens with zero attached hydrogens (tertiary/aromatic N) is 1. The number of hydrogen-bond donors (Lipinski definition) is 2. The number of rotatable bonds is 9. The van der Waals surface area contributed by atoms with Gasteiger partial charge in [-0.1, -0.05) is 24.3 Å². The average Bonchev–Trinajstić information content (AvgIpc) is 2.74. The number of carbonyl (C=O) groups excluding carboxylic acids is 3. The maximum atomic E-state index is 11.9. The molecule has 0 aliphatic carbocycles. The van der Waals surface area contributed by atoms with Crippen LogP contribution in [0.15, 0.2) is 48.5 Å². The van der Waals surface area contributed by atoms with E-state index in [1.807, 2.05) is 0 Å². The molecule has 10 nitrogen and oxygen atoms in total. The first-order chi connectivity index (χ1) is 13.9. The summed E-state index contributed by atoms with van der Waals surface area (Å²) in [5.41, 5.74) is 0.549. The van der Waals surface area contributed by atoms with Gasteiger partial charge in [0, 0.05) is 29.8 Å². The zero-order valence-corrected chi connectivity index (χ0v) is 15.5. The van der Waals surface area contributed by atoms with Gasteiger partial charge < -0.3 is 20.1 Å². The minimum atomic E-state index is -0.823. The number of ether oxygens (including phenoxy) is 2. The number of amides is 2. The molecular formula is C19H19N3O7. The van der Waals surface area contributed by atoms with Crippen molar-refractivity contribution in [2.24, 2.45) is 0 Å². The monoisotopic (exact) mass is 401 g/mol. The predicted molar refractivity (Wildman–Crippen MR) is 101 cm³/mol. The van der Waals surface area contributed by atoms with Crippen molar-refractivity contribution >= 4 is 23.5 Å². The fourth-order valence-corrected chi connectivity index (χ4v) is 2.31. The van der Waals surface area contributed by atoms with Gasteiger partial charge in [0.15, 0.2) is 6.61 Å². The van der Waals surface area contributed by atoms with Crippen LogP contribution in [-0.4, -0.2) is 43.0 Å². The molecule has 0 saturated carbocycles. The molecule has 0 spiro atoms. The van der Waals surface area contributed by atoms with Gasteiger partial charge in [-0.15, -0.1) is 0 Å². The molecule has 29 heavy (non-hydrogen) atoms. The minimum Gasteiger partial charge on any atom is -0.496 e. The van der Waals surface area contributed by atoms with E-state index in [-0.39, 0.29) is 17.8 Å². The van der Waals surface area contributed by atoms with Gasteiger partial charge in [-0.05, 0) is 12.1 Å². The van der Waals surface area contributed by atoms with Crippen LogP contribution >= 0.6 is 0 Å². The van der Waals surface area contributed by atoms with Crippen LogP contribution in [0.2, 0.25) is 0 Å². The lowest BCUT2D eigenvalue weighted by Gasteiger charge is -2.10. The van der Waals surface area contributed by atoms with Gasteiger partial charge in [0.05, 0.1) is 12.0 Å². The van der Waals surface area contributed by atoms with Crippen molar-refractivity contribution in [1.82, 2.24) is 10.6 Å². The molecule has 0 aliphatic heterocycles.